The second-order valence-electron chi connectivity index (χ2n) is 5.91. The maximum Gasteiger partial charge on any atom is 0.312 e. The van der Waals surface area contributed by atoms with Crippen LogP contribution in [0.5, 0.6) is 5.75 Å². The molecule has 0 aliphatic rings. The van der Waals surface area contributed by atoms with Gasteiger partial charge in [0.1, 0.15) is 5.75 Å². The molecule has 1 aromatic carbocycles. The van der Waals surface area contributed by atoms with Gasteiger partial charge in [0.15, 0.2) is 0 Å². The second-order valence-corrected chi connectivity index (χ2v) is 5.91. The summed E-state index contributed by atoms with van der Waals surface area (Å²) < 4.78 is 5.09. The molecule has 0 radical (unpaired) electrons. The van der Waals surface area contributed by atoms with E-state index in [2.05, 4.69) is 6.58 Å². The highest BCUT2D eigenvalue weighted by atomic mass is 16.5. The molecule has 1 atom stereocenters. The Labute approximate surface area is 147 Å². The van der Waals surface area contributed by atoms with Gasteiger partial charge in [-0.15, -0.1) is 0 Å². The summed E-state index contributed by atoms with van der Waals surface area (Å²) in [6, 6.07) is 8.11. The predicted octanol–water partition coefficient (Wildman–Crippen LogP) is 0.995. The Hall–Kier alpha value is -2.63. The molecule has 6 heteroatoms. The van der Waals surface area contributed by atoms with E-state index in [1.54, 1.807) is 18.2 Å². The lowest BCUT2D eigenvalue weighted by molar-refractivity contribution is -0.322. The van der Waals surface area contributed by atoms with Gasteiger partial charge in [-0.05, 0) is 24.1 Å². The lowest BCUT2D eigenvalue weighted by atomic mass is 9.73. The molecule has 0 amide bonds. The summed E-state index contributed by atoms with van der Waals surface area (Å²) in [5.41, 5.74) is -2.72. The van der Waals surface area contributed by atoms with Crippen molar-refractivity contribution in [3.05, 3.63) is 42.5 Å². The first kappa shape index (κ1) is 20.4. The third-order valence-electron chi connectivity index (χ3n) is 4.09. The van der Waals surface area contributed by atoms with Crippen LogP contribution < -0.4 is 14.9 Å². The topological polar surface area (TPSA) is 107 Å². The average Bonchev–Trinajstić information content (AvgIpc) is 2.57. The number of unbranched alkanes of at least 4 members (excludes halogenated alkanes) is 3. The van der Waals surface area contributed by atoms with Gasteiger partial charge < -0.3 is 24.5 Å². The molecule has 0 heterocycles. The van der Waals surface area contributed by atoms with Crippen LogP contribution in [0.15, 0.2) is 42.5 Å². The number of carboxylic acid groups (broad SMARTS) is 2. The zero-order chi connectivity index (χ0) is 18.9. The Morgan fingerprint density at radius 3 is 2.24 bits per heavy atom. The van der Waals surface area contributed by atoms with E-state index < -0.39 is 35.3 Å². The van der Waals surface area contributed by atoms with Gasteiger partial charge in [-0.2, -0.15) is 0 Å². The molecule has 0 aliphatic carbocycles. The fraction of sp³-hybridized carbons (Fsp3) is 0.421. The molecule has 0 spiro atoms. The monoisotopic (exact) mass is 346 g/mol. The molecular formula is C19H22O6-2. The first-order valence-corrected chi connectivity index (χ1v) is 8.21. The van der Waals surface area contributed by atoms with Crippen LogP contribution in [0.1, 0.15) is 45.4 Å². The molecule has 25 heavy (non-hydrogen) atoms. The van der Waals surface area contributed by atoms with Crippen molar-refractivity contribution in [2.24, 2.45) is 5.41 Å². The van der Waals surface area contributed by atoms with Crippen LogP contribution in [0.3, 0.4) is 0 Å². The van der Waals surface area contributed by atoms with E-state index in [9.17, 15) is 24.6 Å². The van der Waals surface area contributed by atoms with Crippen molar-refractivity contribution in [1.82, 2.24) is 0 Å². The van der Waals surface area contributed by atoms with E-state index in [-0.39, 0.29) is 12.2 Å². The van der Waals surface area contributed by atoms with Crippen molar-refractivity contribution < 1.29 is 29.3 Å². The number of carboxylic acids is 2. The van der Waals surface area contributed by atoms with Crippen LogP contribution in [-0.2, 0) is 14.4 Å². The first-order chi connectivity index (χ1) is 11.8. The van der Waals surface area contributed by atoms with E-state index in [1.807, 2.05) is 6.92 Å². The molecule has 0 N–H and O–H groups in total. The summed E-state index contributed by atoms with van der Waals surface area (Å²) in [7, 11) is 0. The van der Waals surface area contributed by atoms with Gasteiger partial charge in [0.2, 0.25) is 0 Å². The molecule has 136 valence electrons. The van der Waals surface area contributed by atoms with Gasteiger partial charge in [-0.25, -0.2) is 0 Å². The fourth-order valence-corrected chi connectivity index (χ4v) is 2.59. The number of carbonyl (C=O) groups is 3. The van der Waals surface area contributed by atoms with Crippen molar-refractivity contribution in [2.75, 3.05) is 0 Å². The van der Waals surface area contributed by atoms with Gasteiger partial charge in [0.05, 0.1) is 18.4 Å². The fourth-order valence-electron chi connectivity index (χ4n) is 2.59. The number of aliphatic carboxylic acids is 2. The molecular weight excluding hydrogens is 324 g/mol. The average molecular weight is 346 g/mol. The molecule has 1 unspecified atom stereocenters. The lowest BCUT2D eigenvalue weighted by Crippen LogP contribution is -2.49. The van der Waals surface area contributed by atoms with Crippen LogP contribution in [0.2, 0.25) is 0 Å². The summed E-state index contributed by atoms with van der Waals surface area (Å²) >= 11 is 0. The van der Waals surface area contributed by atoms with Crippen molar-refractivity contribution >= 4 is 17.9 Å². The number of esters is 1. The quantitative estimate of drug-likeness (QED) is 0.256. The van der Waals surface area contributed by atoms with Crippen molar-refractivity contribution in [3.63, 3.8) is 0 Å². The molecule has 0 bridgehead atoms. The Balaban J connectivity index is 2.98. The summed E-state index contributed by atoms with van der Waals surface area (Å²) in [6.45, 7) is 5.31. The third kappa shape index (κ3) is 5.74. The highest BCUT2D eigenvalue weighted by molar-refractivity contribution is 5.96. The minimum absolute atomic E-state index is 0.0773. The third-order valence-corrected chi connectivity index (χ3v) is 4.09. The van der Waals surface area contributed by atoms with Crippen molar-refractivity contribution in [2.45, 2.75) is 45.4 Å². The molecule has 0 fully saturated rings. The number of ether oxygens (including phenoxy) is 1. The maximum atomic E-state index is 12.2. The minimum atomic E-state index is -2.04. The van der Waals surface area contributed by atoms with E-state index >= 15 is 0 Å². The van der Waals surface area contributed by atoms with Crippen molar-refractivity contribution in [3.8, 4) is 5.75 Å². The SMILES string of the molecule is C=C(C(=O)[O-])C(CCCCCC)(CC(=O)Oc1ccccc1)C(=O)[O-]. The summed E-state index contributed by atoms with van der Waals surface area (Å²) in [5, 5.41) is 23.0. The summed E-state index contributed by atoms with van der Waals surface area (Å²) in [6.07, 6.45) is 2.17. The predicted molar refractivity (Wildman–Crippen MR) is 87.0 cm³/mol. The van der Waals surface area contributed by atoms with E-state index in [1.165, 1.54) is 12.1 Å². The molecule has 0 saturated heterocycles. The number of hydrogen-bond donors (Lipinski definition) is 0. The Bertz CT molecular complexity index is 622. The standard InChI is InChI=1S/C19H24O6/c1-3-4-5-9-12-19(18(23)24,14(2)17(21)22)13-16(20)25-15-10-7-6-8-11-15/h6-8,10-11H,2-5,9,12-13H2,1H3,(H,21,22)(H,23,24)/p-2. The molecule has 0 saturated carbocycles. The molecule has 1 aromatic rings. The van der Waals surface area contributed by atoms with Crippen LogP contribution >= 0.6 is 0 Å². The largest absolute Gasteiger partial charge is 0.549 e. The van der Waals surface area contributed by atoms with Gasteiger partial charge in [-0.3, -0.25) is 4.79 Å². The van der Waals surface area contributed by atoms with Crippen LogP contribution in [0, 0.1) is 5.41 Å². The summed E-state index contributed by atoms with van der Waals surface area (Å²) in [4.78, 5) is 35.2. The van der Waals surface area contributed by atoms with Gasteiger partial charge in [0.25, 0.3) is 0 Å². The van der Waals surface area contributed by atoms with Gasteiger partial charge >= 0.3 is 5.97 Å². The van der Waals surface area contributed by atoms with E-state index in [0.717, 1.165) is 12.8 Å². The molecule has 0 aromatic heterocycles. The highest BCUT2D eigenvalue weighted by Crippen LogP contribution is 2.36. The highest BCUT2D eigenvalue weighted by Gasteiger charge is 2.38. The van der Waals surface area contributed by atoms with Crippen LogP contribution in [0.25, 0.3) is 0 Å². The van der Waals surface area contributed by atoms with E-state index in [4.69, 9.17) is 4.74 Å². The molecule has 6 nitrogen and oxygen atoms in total. The Morgan fingerprint density at radius 1 is 1.08 bits per heavy atom. The van der Waals surface area contributed by atoms with E-state index in [0.29, 0.717) is 12.8 Å². The number of hydrogen-bond acceptors (Lipinski definition) is 6. The zero-order valence-corrected chi connectivity index (χ0v) is 14.3. The normalized spacial score (nSPS) is 12.8. The van der Waals surface area contributed by atoms with Gasteiger partial charge in [0, 0.05) is 5.41 Å². The van der Waals surface area contributed by atoms with Crippen LogP contribution in [-0.4, -0.2) is 17.9 Å². The van der Waals surface area contributed by atoms with Gasteiger partial charge in [-0.1, -0.05) is 57.4 Å². The van der Waals surface area contributed by atoms with Crippen molar-refractivity contribution in [1.29, 1.82) is 0 Å². The summed E-state index contributed by atoms with van der Waals surface area (Å²) in [5.74, 6) is -4.01. The molecule has 1 rings (SSSR count). The smallest absolute Gasteiger partial charge is 0.312 e. The number of rotatable bonds is 11. The number of para-hydroxylation sites is 1. The number of carbonyl (C=O) groups excluding carboxylic acids is 3. The maximum absolute atomic E-state index is 12.2. The Morgan fingerprint density at radius 2 is 1.72 bits per heavy atom. The Kier molecular flexibility index (Phi) is 7.85. The minimum Gasteiger partial charge on any atom is -0.549 e. The first-order valence-electron chi connectivity index (χ1n) is 8.21. The second kappa shape index (κ2) is 9.61. The number of benzene rings is 1. The lowest BCUT2D eigenvalue weighted by Gasteiger charge is -2.36. The van der Waals surface area contributed by atoms with Crippen LogP contribution in [0.4, 0.5) is 0 Å². The molecule has 0 aliphatic heterocycles. The zero-order valence-electron chi connectivity index (χ0n) is 14.3.